The van der Waals surface area contributed by atoms with Crippen LogP contribution in [0.4, 0.5) is 0 Å². The van der Waals surface area contributed by atoms with Gasteiger partial charge in [-0.25, -0.2) is 9.13 Å². The lowest BCUT2D eigenvalue weighted by molar-refractivity contribution is -0.216. The van der Waals surface area contributed by atoms with Gasteiger partial charge in [0.25, 0.3) is 0 Å². The Morgan fingerprint density at radius 2 is 0.951 bits per heavy atom. The van der Waals surface area contributed by atoms with Crippen molar-refractivity contribution in [2.75, 3.05) is 13.2 Å². The molecule has 358 valence electrons. The van der Waals surface area contributed by atoms with Gasteiger partial charge in [0.2, 0.25) is 0 Å². The molecule has 0 aromatic rings. The molecule has 8 atom stereocenters. The maximum atomic E-state index is 13.0. The van der Waals surface area contributed by atoms with Crippen molar-refractivity contribution >= 4 is 27.6 Å². The molecule has 0 heterocycles. The molecule has 0 spiro atoms. The number of aliphatic hydroxyl groups excluding tert-OH is 4. The second-order valence-electron chi connectivity index (χ2n) is 16.1. The van der Waals surface area contributed by atoms with Crippen LogP contribution in [0.5, 0.6) is 0 Å². The number of carbonyl (C=O) groups excluding carboxylic acids is 2. The van der Waals surface area contributed by atoms with E-state index in [0.717, 1.165) is 70.6 Å². The Bertz CT molecular complexity index is 1290. The van der Waals surface area contributed by atoms with Gasteiger partial charge in [-0.2, -0.15) is 0 Å². The Hall–Kier alpha value is -1.52. The third-order valence-electron chi connectivity index (χ3n) is 10.5. The van der Waals surface area contributed by atoms with Crippen molar-refractivity contribution in [2.45, 2.75) is 224 Å². The van der Waals surface area contributed by atoms with Gasteiger partial charge in [0.15, 0.2) is 6.10 Å². The third kappa shape index (κ3) is 29.5. The predicted octanol–water partition coefficient (Wildman–Crippen LogP) is 8.17. The standard InChI is InChI=1S/C43H80O16P2/c1-3-5-7-9-11-13-15-17-18-20-21-23-25-27-29-31-36(44)55-33-35(57-37(45)32-30-28-26-24-22-19-16-14-12-10-8-6-4-2)34-56-61(53,54)59-43-40(48)38(46)39(47)42(41(43)49)58-60(50,51)52/h11,13,17-18,35,38-43,46-49H,3-10,12,14-16,19-34H2,1-2H3,(H,53,54)(H2,50,51,52)/t35-,38?,39?,40?,41?,42-,43+/m1/s1. The minimum atomic E-state index is -5.36. The minimum Gasteiger partial charge on any atom is -0.462 e. The average Bonchev–Trinajstić information content (AvgIpc) is 3.21. The van der Waals surface area contributed by atoms with E-state index in [1.807, 2.05) is 0 Å². The predicted molar refractivity (Wildman–Crippen MR) is 232 cm³/mol. The lowest BCUT2D eigenvalue weighted by Gasteiger charge is -2.43. The van der Waals surface area contributed by atoms with Crippen molar-refractivity contribution in [1.29, 1.82) is 0 Å². The van der Waals surface area contributed by atoms with Crippen molar-refractivity contribution in [1.82, 2.24) is 0 Å². The van der Waals surface area contributed by atoms with Crippen molar-refractivity contribution in [3.05, 3.63) is 24.3 Å². The first-order valence-electron chi connectivity index (χ1n) is 22.9. The average molecular weight is 915 g/mol. The molecule has 0 radical (unpaired) electrons. The summed E-state index contributed by atoms with van der Waals surface area (Å²) in [5.41, 5.74) is 0. The number of ether oxygens (including phenoxy) is 2. The Morgan fingerprint density at radius 1 is 0.525 bits per heavy atom. The molecular formula is C43H80O16P2. The maximum absolute atomic E-state index is 13.0. The van der Waals surface area contributed by atoms with E-state index in [1.165, 1.54) is 70.6 Å². The first-order valence-corrected chi connectivity index (χ1v) is 25.9. The van der Waals surface area contributed by atoms with E-state index in [2.05, 4.69) is 42.7 Å². The Morgan fingerprint density at radius 3 is 1.46 bits per heavy atom. The van der Waals surface area contributed by atoms with E-state index >= 15 is 0 Å². The summed E-state index contributed by atoms with van der Waals surface area (Å²) in [5.74, 6) is -1.22. The van der Waals surface area contributed by atoms with Crippen LogP contribution in [0.15, 0.2) is 24.3 Å². The van der Waals surface area contributed by atoms with Crippen molar-refractivity contribution < 1.29 is 76.9 Å². The molecule has 7 N–H and O–H groups in total. The molecule has 1 rings (SSSR count). The van der Waals surface area contributed by atoms with Gasteiger partial charge >= 0.3 is 27.6 Å². The zero-order valence-corrected chi connectivity index (χ0v) is 38.6. The van der Waals surface area contributed by atoms with Crippen molar-refractivity contribution in [2.24, 2.45) is 0 Å². The Kier molecular flexibility index (Phi) is 32.8. The first-order chi connectivity index (χ1) is 29.1. The monoisotopic (exact) mass is 914 g/mol. The molecule has 1 saturated carbocycles. The van der Waals surface area contributed by atoms with Gasteiger partial charge in [-0.3, -0.25) is 23.2 Å². The molecule has 1 aliphatic carbocycles. The normalized spacial score (nSPS) is 22.4. The van der Waals surface area contributed by atoms with Crippen LogP contribution in [-0.2, 0) is 41.8 Å². The molecular weight excluding hydrogens is 834 g/mol. The van der Waals surface area contributed by atoms with E-state index in [0.29, 0.717) is 12.8 Å². The highest BCUT2D eigenvalue weighted by Gasteiger charge is 2.54. The summed E-state index contributed by atoms with van der Waals surface area (Å²) in [4.78, 5) is 54.2. The lowest BCUT2D eigenvalue weighted by atomic mass is 9.85. The molecule has 5 unspecified atom stereocenters. The summed E-state index contributed by atoms with van der Waals surface area (Å²) >= 11 is 0. The summed E-state index contributed by atoms with van der Waals surface area (Å²) in [7, 11) is -10.7. The van der Waals surface area contributed by atoms with Gasteiger partial charge in [0, 0.05) is 12.8 Å². The van der Waals surface area contributed by atoms with Gasteiger partial charge in [-0.1, -0.05) is 147 Å². The second-order valence-corrected chi connectivity index (χ2v) is 18.7. The molecule has 0 aromatic carbocycles. The summed E-state index contributed by atoms with van der Waals surface area (Å²) in [5, 5.41) is 41.2. The fraction of sp³-hybridized carbons (Fsp3) is 0.860. The van der Waals surface area contributed by atoms with Crippen LogP contribution in [-0.4, -0.2) is 103 Å². The van der Waals surface area contributed by atoms with E-state index < -0.39 is 83.5 Å². The smallest absolute Gasteiger partial charge is 0.462 e. The molecule has 61 heavy (non-hydrogen) atoms. The lowest BCUT2D eigenvalue weighted by Crippen LogP contribution is -2.64. The third-order valence-corrected chi connectivity index (χ3v) is 12.0. The highest BCUT2D eigenvalue weighted by Crippen LogP contribution is 2.49. The van der Waals surface area contributed by atoms with Gasteiger partial charge in [0.1, 0.15) is 43.2 Å². The second kappa shape index (κ2) is 34.8. The number of rotatable bonds is 38. The number of aliphatic hydroxyl groups is 4. The summed E-state index contributed by atoms with van der Waals surface area (Å²) in [6.07, 6.45) is 20.0. The van der Waals surface area contributed by atoms with E-state index in [4.69, 9.17) is 28.3 Å². The first kappa shape index (κ1) is 57.5. The molecule has 18 heteroatoms. The molecule has 1 fully saturated rings. The van der Waals surface area contributed by atoms with E-state index in [1.54, 1.807) is 0 Å². The Balaban J connectivity index is 2.62. The fourth-order valence-corrected chi connectivity index (χ4v) is 8.48. The molecule has 0 saturated heterocycles. The van der Waals surface area contributed by atoms with Crippen LogP contribution >= 0.6 is 15.6 Å². The molecule has 16 nitrogen and oxygen atoms in total. The number of hydrogen-bond acceptors (Lipinski definition) is 13. The van der Waals surface area contributed by atoms with Crippen LogP contribution in [0, 0.1) is 0 Å². The minimum absolute atomic E-state index is 0.0447. The van der Waals surface area contributed by atoms with Crippen LogP contribution < -0.4 is 0 Å². The van der Waals surface area contributed by atoms with Crippen molar-refractivity contribution in [3.63, 3.8) is 0 Å². The maximum Gasteiger partial charge on any atom is 0.472 e. The quantitative estimate of drug-likeness (QED) is 0.0133. The molecule has 1 aliphatic rings. The molecule has 0 aliphatic heterocycles. The summed E-state index contributed by atoms with van der Waals surface area (Å²) in [6.45, 7) is 3.06. The van der Waals surface area contributed by atoms with Gasteiger partial charge < -0.3 is 44.6 Å². The Labute approximate surface area is 364 Å². The number of allylic oxidation sites excluding steroid dienone is 4. The molecule has 0 amide bonds. The fourth-order valence-electron chi connectivity index (χ4n) is 6.94. The molecule has 0 bridgehead atoms. The van der Waals surface area contributed by atoms with Crippen LogP contribution in [0.3, 0.4) is 0 Å². The van der Waals surface area contributed by atoms with Crippen LogP contribution in [0.1, 0.15) is 181 Å². The molecule has 0 aromatic heterocycles. The number of hydrogen-bond donors (Lipinski definition) is 7. The topological polar surface area (TPSA) is 256 Å². The van der Waals surface area contributed by atoms with E-state index in [9.17, 15) is 44.0 Å². The van der Waals surface area contributed by atoms with Crippen LogP contribution in [0.25, 0.3) is 0 Å². The van der Waals surface area contributed by atoms with Gasteiger partial charge in [-0.15, -0.1) is 0 Å². The zero-order chi connectivity index (χ0) is 45.4. The number of carbonyl (C=O) groups is 2. The highest BCUT2D eigenvalue weighted by atomic mass is 31.2. The number of esters is 2. The van der Waals surface area contributed by atoms with Crippen molar-refractivity contribution in [3.8, 4) is 0 Å². The van der Waals surface area contributed by atoms with Crippen LogP contribution in [0.2, 0.25) is 0 Å². The number of unbranched alkanes of at least 4 members (excludes halogenated alkanes) is 20. The zero-order valence-electron chi connectivity index (χ0n) is 36.8. The largest absolute Gasteiger partial charge is 0.472 e. The number of phosphoric ester groups is 2. The number of phosphoric acid groups is 2. The summed E-state index contributed by atoms with van der Waals surface area (Å²) in [6, 6.07) is 0. The van der Waals surface area contributed by atoms with Gasteiger partial charge in [-0.05, 0) is 44.9 Å². The summed E-state index contributed by atoms with van der Waals surface area (Å²) < 4.78 is 49.3. The highest BCUT2D eigenvalue weighted by molar-refractivity contribution is 7.47. The SMILES string of the molecule is CCCCCC=CCC=CCCCCCCCC(=O)OC[C@H](COP(=O)(O)O[C@H]1C(O)C(O)C(O)[C@@H](OP(=O)(O)O)C1O)OC(=O)CCCCCCCCCCCCCCC. The van der Waals surface area contributed by atoms with E-state index in [-0.39, 0.29) is 12.8 Å². The van der Waals surface area contributed by atoms with Gasteiger partial charge in [0.05, 0.1) is 6.61 Å².